The molecule has 35 heteroatoms. The van der Waals surface area contributed by atoms with Crippen LogP contribution in [0.4, 0.5) is 61.7 Å². The number of amides is 2. The number of hydrogen-bond donors (Lipinski definition) is 6. The van der Waals surface area contributed by atoms with E-state index in [4.69, 9.17) is 28.4 Å². The van der Waals surface area contributed by atoms with Gasteiger partial charge in [0.05, 0.1) is 75.9 Å². The highest BCUT2D eigenvalue weighted by Crippen LogP contribution is 2.45. The first kappa shape index (κ1) is 65.5. The predicted molar refractivity (Wildman–Crippen MR) is 312 cm³/mol. The topological polar surface area (TPSA) is 413 Å². The monoisotopic (exact) mass is 1370 g/mol. The number of rotatable bonds is 26. The van der Waals surface area contributed by atoms with Crippen LogP contribution in [0.15, 0.2) is 145 Å². The van der Waals surface area contributed by atoms with Crippen LogP contribution in [0.2, 0.25) is 0 Å². The maximum atomic E-state index is 13.9. The molecular weight excluding hydrogens is 1320 g/mol. The van der Waals surface area contributed by atoms with Gasteiger partial charge in [0.15, 0.2) is 0 Å². The molecule has 2 amide bonds. The zero-order valence-electron chi connectivity index (χ0n) is 44.7. The summed E-state index contributed by atoms with van der Waals surface area (Å²) < 4.78 is 167. The quantitative estimate of drug-likeness (QED) is 0.0167. The van der Waals surface area contributed by atoms with E-state index in [0.717, 1.165) is 12.1 Å². The van der Waals surface area contributed by atoms with Crippen LogP contribution in [0.5, 0.6) is 34.5 Å². The van der Waals surface area contributed by atoms with Crippen LogP contribution in [0.1, 0.15) is 24.0 Å². The van der Waals surface area contributed by atoms with E-state index >= 15 is 0 Å². The standard InChI is InChI=1S/C49H50Br2N10O19S4/c1-27-17-35(45(79-13-7-15-81(63,64)65)21-33(27)56-60-39-25-41(75-3)37(23-43(39)77-5)58-54-31-11-9-29(50)19-47(31)83(69,70)71)52-49(62)53-36-18-28(2)34(22-46(36)80-14-8-16-82(66,67)68)57-61-40-26-42(76-4)38(24-44(40)78-6)59-55-32-12-10-30(51)20-48(32)84(72,73)74/h9-12,17-26H,7-8,13-16H2,1-6H3,(H2,52,53,62)(H,63,64,65)(H,66,67,68)(H,69,70,71)(H,72,73,74). The van der Waals surface area contributed by atoms with Crippen molar-refractivity contribution in [2.75, 3.05) is 63.8 Å². The number of aryl methyl sites for hydroxylation is 2. The van der Waals surface area contributed by atoms with Gasteiger partial charge in [-0.05, 0) is 86.3 Å². The Bertz CT molecular complexity index is 3820. The molecule has 0 radical (unpaired) electrons. The molecule has 0 aliphatic carbocycles. The average molecular weight is 1370 g/mol. The third kappa shape index (κ3) is 18.7. The molecule has 0 saturated heterocycles. The lowest BCUT2D eigenvalue weighted by Crippen LogP contribution is -2.21. The van der Waals surface area contributed by atoms with Gasteiger partial charge in [0.2, 0.25) is 0 Å². The largest absolute Gasteiger partial charge is 0.494 e. The summed E-state index contributed by atoms with van der Waals surface area (Å²) >= 11 is 6.32. The number of hydrogen-bond acceptors (Lipinski definition) is 23. The van der Waals surface area contributed by atoms with Gasteiger partial charge in [0, 0.05) is 45.3 Å². The van der Waals surface area contributed by atoms with Crippen LogP contribution in [-0.4, -0.2) is 111 Å². The highest BCUT2D eigenvalue weighted by Gasteiger charge is 2.22. The van der Waals surface area contributed by atoms with Crippen molar-refractivity contribution >= 4 is 135 Å². The molecule has 6 N–H and O–H groups in total. The molecule has 0 spiro atoms. The Balaban J connectivity index is 1.30. The zero-order chi connectivity index (χ0) is 61.7. The average Bonchev–Trinajstić information content (AvgIpc) is 2.83. The number of ether oxygens (including phenoxy) is 6. The molecule has 0 atom stereocenters. The van der Waals surface area contributed by atoms with Crippen molar-refractivity contribution in [3.63, 3.8) is 0 Å². The van der Waals surface area contributed by atoms with E-state index < -0.39 is 67.8 Å². The van der Waals surface area contributed by atoms with Crippen LogP contribution in [0.3, 0.4) is 0 Å². The molecule has 0 saturated carbocycles. The minimum atomic E-state index is -4.69. The lowest BCUT2D eigenvalue weighted by Gasteiger charge is -2.17. The zero-order valence-corrected chi connectivity index (χ0v) is 51.1. The number of methoxy groups -OCH3 is 4. The van der Waals surface area contributed by atoms with Crippen molar-refractivity contribution in [3.05, 3.63) is 105 Å². The molecule has 29 nitrogen and oxygen atoms in total. The molecule has 448 valence electrons. The number of carbonyl (C=O) groups is 1. The summed E-state index contributed by atoms with van der Waals surface area (Å²) in [6, 6.07) is 18.3. The molecule has 0 unspecified atom stereocenters. The normalized spacial score (nSPS) is 12.3. The first-order valence-corrected chi connectivity index (χ1v) is 31.4. The number of carbonyl (C=O) groups excluding carboxylic acids is 1. The summed E-state index contributed by atoms with van der Waals surface area (Å²) in [6.45, 7) is 2.70. The summed E-state index contributed by atoms with van der Waals surface area (Å²) in [4.78, 5) is 12.9. The number of anilines is 2. The summed E-state index contributed by atoms with van der Waals surface area (Å²) in [5, 5.41) is 39.0. The van der Waals surface area contributed by atoms with Crippen LogP contribution in [0.25, 0.3) is 0 Å². The maximum absolute atomic E-state index is 13.9. The van der Waals surface area contributed by atoms with Gasteiger partial charge in [-0.25, -0.2) is 4.79 Å². The van der Waals surface area contributed by atoms with E-state index in [9.17, 15) is 56.7 Å². The summed E-state index contributed by atoms with van der Waals surface area (Å²) in [5.41, 5.74) is 1.26. The second-order valence-corrected chi connectivity index (χ2v) is 24.9. The fourth-order valence-electron chi connectivity index (χ4n) is 7.16. The smallest absolute Gasteiger partial charge is 0.323 e. The van der Waals surface area contributed by atoms with E-state index in [-0.39, 0.29) is 117 Å². The minimum absolute atomic E-state index is 0.0368. The first-order valence-electron chi connectivity index (χ1n) is 23.8. The molecule has 0 aromatic heterocycles. The van der Waals surface area contributed by atoms with Crippen LogP contribution >= 0.6 is 31.9 Å². The number of benzene rings is 6. The van der Waals surface area contributed by atoms with Crippen molar-refractivity contribution in [2.45, 2.75) is 36.5 Å². The molecule has 6 aromatic carbocycles. The highest BCUT2D eigenvalue weighted by molar-refractivity contribution is 9.10. The second-order valence-electron chi connectivity index (χ2n) is 17.2. The van der Waals surface area contributed by atoms with E-state index in [1.165, 1.54) is 101 Å². The van der Waals surface area contributed by atoms with Gasteiger partial charge >= 0.3 is 6.03 Å². The summed E-state index contributed by atoms with van der Waals surface area (Å²) in [6.07, 6.45) is -0.354. The molecule has 0 fully saturated rings. The van der Waals surface area contributed by atoms with Gasteiger partial charge in [0.25, 0.3) is 40.5 Å². The van der Waals surface area contributed by atoms with Crippen LogP contribution in [0, 0.1) is 13.8 Å². The highest BCUT2D eigenvalue weighted by atomic mass is 79.9. The Morgan fingerprint density at radius 1 is 0.429 bits per heavy atom. The van der Waals surface area contributed by atoms with Crippen molar-refractivity contribution < 1.29 is 85.1 Å². The molecule has 0 bridgehead atoms. The summed E-state index contributed by atoms with van der Waals surface area (Å²) in [7, 11) is -12.8. The van der Waals surface area contributed by atoms with Crippen molar-refractivity contribution in [1.29, 1.82) is 0 Å². The van der Waals surface area contributed by atoms with Crippen molar-refractivity contribution in [1.82, 2.24) is 0 Å². The number of azo groups is 4. The van der Waals surface area contributed by atoms with E-state index in [1.807, 2.05) is 0 Å². The van der Waals surface area contributed by atoms with Crippen LogP contribution < -0.4 is 39.1 Å². The molecular formula is C49H50Br2N10O19S4. The van der Waals surface area contributed by atoms with E-state index in [2.05, 4.69) is 83.4 Å². The predicted octanol–water partition coefficient (Wildman–Crippen LogP) is 13.0. The molecule has 0 aliphatic rings. The molecule has 84 heavy (non-hydrogen) atoms. The Hall–Kier alpha value is -7.61. The number of nitrogens with zero attached hydrogens (tertiary/aromatic N) is 8. The Morgan fingerprint density at radius 2 is 0.714 bits per heavy atom. The van der Waals surface area contributed by atoms with Crippen molar-refractivity contribution in [3.8, 4) is 34.5 Å². The molecule has 6 rings (SSSR count). The van der Waals surface area contributed by atoms with Gasteiger partial charge < -0.3 is 39.1 Å². The van der Waals surface area contributed by atoms with E-state index in [0.29, 0.717) is 20.1 Å². The fraction of sp³-hybridized carbons (Fsp3) is 0.245. The Morgan fingerprint density at radius 3 is 1.00 bits per heavy atom. The van der Waals surface area contributed by atoms with Crippen LogP contribution in [-0.2, 0) is 40.5 Å². The second kappa shape index (κ2) is 28.3. The maximum Gasteiger partial charge on any atom is 0.323 e. The van der Waals surface area contributed by atoms with E-state index in [1.54, 1.807) is 13.8 Å². The third-order valence-corrected chi connectivity index (χ3v) is 15.5. The number of halogens is 2. The van der Waals surface area contributed by atoms with Gasteiger partial charge in [-0.1, -0.05) is 31.9 Å². The Labute approximate surface area is 497 Å². The molecule has 0 heterocycles. The fourth-order valence-corrected chi connectivity index (χ4v) is 10.4. The molecule has 6 aromatic rings. The van der Waals surface area contributed by atoms with Gasteiger partial charge in [0.1, 0.15) is 78.4 Å². The van der Waals surface area contributed by atoms with Gasteiger partial charge in [-0.2, -0.15) is 43.9 Å². The molecule has 0 aliphatic heterocycles. The lowest BCUT2D eigenvalue weighted by atomic mass is 10.1. The lowest BCUT2D eigenvalue weighted by molar-refractivity contribution is 0.261. The van der Waals surface area contributed by atoms with Crippen molar-refractivity contribution in [2.24, 2.45) is 40.9 Å². The number of nitrogens with one attached hydrogen (secondary N) is 2. The first-order chi connectivity index (χ1) is 39.5. The van der Waals surface area contributed by atoms with Gasteiger partial charge in [-0.15, -0.1) is 30.7 Å². The SMILES string of the molecule is COc1cc(N=Nc2ccc(Br)cc2S(=O)(=O)O)c(OC)cc1N=Nc1cc(OCCCS(=O)(=O)O)c(NC(=O)Nc2cc(C)c(N=Nc3cc(OC)c(N=Nc4ccc(Br)cc4S(=O)(=O)O)cc3OC)cc2OCCCS(=O)(=O)O)cc1C. The summed E-state index contributed by atoms with van der Waals surface area (Å²) in [5.74, 6) is -0.982. The Kier molecular flexibility index (Phi) is 22.1. The van der Waals surface area contributed by atoms with Gasteiger partial charge in [-0.3, -0.25) is 18.2 Å². The minimum Gasteiger partial charge on any atom is -0.494 e. The third-order valence-electron chi connectivity index (χ3n) is 11.1. The number of urea groups is 1.